The molecule has 3 rings (SSSR count). The summed E-state index contributed by atoms with van der Waals surface area (Å²) in [6.45, 7) is 0.648. The summed E-state index contributed by atoms with van der Waals surface area (Å²) in [6, 6.07) is 25.6. The van der Waals surface area contributed by atoms with Crippen molar-refractivity contribution in [2.24, 2.45) is 0 Å². The molecule has 0 saturated carbocycles. The van der Waals surface area contributed by atoms with E-state index in [0.29, 0.717) is 27.4 Å². The third-order valence-electron chi connectivity index (χ3n) is 3.69. The third kappa shape index (κ3) is 4.51. The molecule has 3 aromatic rings. The summed E-state index contributed by atoms with van der Waals surface area (Å²) < 4.78 is 0. The lowest BCUT2D eigenvalue weighted by molar-refractivity contribution is 1.01. The first-order valence-corrected chi connectivity index (χ1v) is 8.93. The molecule has 0 aliphatic heterocycles. The second-order valence-corrected chi connectivity index (χ2v) is 6.61. The number of benzene rings is 3. The SMILES string of the molecule is S=C(Nc1cccc(Cl)c1Cl)N(Cc1ccccc1)c1ccccc1. The van der Waals surface area contributed by atoms with Gasteiger partial charge < -0.3 is 10.2 Å². The molecular weight excluding hydrogens is 371 g/mol. The van der Waals surface area contributed by atoms with Crippen molar-refractivity contribution < 1.29 is 0 Å². The predicted molar refractivity (Wildman–Crippen MR) is 112 cm³/mol. The topological polar surface area (TPSA) is 15.3 Å². The highest BCUT2D eigenvalue weighted by Gasteiger charge is 2.14. The molecule has 0 heterocycles. The van der Waals surface area contributed by atoms with Crippen LogP contribution in [-0.2, 0) is 6.54 Å². The molecule has 0 bridgehead atoms. The molecule has 0 unspecified atom stereocenters. The van der Waals surface area contributed by atoms with E-state index in [1.807, 2.05) is 65.6 Å². The van der Waals surface area contributed by atoms with Gasteiger partial charge in [-0.3, -0.25) is 0 Å². The molecular formula is C20H16Cl2N2S. The molecule has 25 heavy (non-hydrogen) atoms. The van der Waals surface area contributed by atoms with Crippen molar-refractivity contribution in [2.75, 3.05) is 10.2 Å². The Labute approximate surface area is 163 Å². The maximum atomic E-state index is 6.28. The fraction of sp³-hybridized carbons (Fsp3) is 0.0500. The minimum atomic E-state index is 0.458. The van der Waals surface area contributed by atoms with E-state index in [4.69, 9.17) is 35.4 Å². The summed E-state index contributed by atoms with van der Waals surface area (Å²) >= 11 is 18.0. The Morgan fingerprint density at radius 3 is 2.16 bits per heavy atom. The van der Waals surface area contributed by atoms with Gasteiger partial charge in [0, 0.05) is 5.69 Å². The molecule has 0 radical (unpaired) electrons. The van der Waals surface area contributed by atoms with Crippen molar-refractivity contribution in [2.45, 2.75) is 6.54 Å². The van der Waals surface area contributed by atoms with Crippen LogP contribution in [0.3, 0.4) is 0 Å². The first-order valence-electron chi connectivity index (χ1n) is 7.76. The molecule has 0 atom stereocenters. The number of rotatable bonds is 4. The van der Waals surface area contributed by atoms with E-state index in [9.17, 15) is 0 Å². The van der Waals surface area contributed by atoms with Crippen LogP contribution in [0.5, 0.6) is 0 Å². The van der Waals surface area contributed by atoms with Crippen molar-refractivity contribution in [1.29, 1.82) is 0 Å². The van der Waals surface area contributed by atoms with Crippen LogP contribution in [-0.4, -0.2) is 5.11 Å². The van der Waals surface area contributed by atoms with Gasteiger partial charge in [0.05, 0.1) is 22.3 Å². The van der Waals surface area contributed by atoms with Gasteiger partial charge in [-0.1, -0.05) is 77.8 Å². The van der Waals surface area contributed by atoms with Crippen LogP contribution >= 0.6 is 35.4 Å². The fourth-order valence-corrected chi connectivity index (χ4v) is 3.06. The summed E-state index contributed by atoms with van der Waals surface area (Å²) in [5.41, 5.74) is 2.85. The summed E-state index contributed by atoms with van der Waals surface area (Å²) in [6.07, 6.45) is 0. The zero-order valence-electron chi connectivity index (χ0n) is 13.3. The minimum Gasteiger partial charge on any atom is -0.331 e. The van der Waals surface area contributed by atoms with Gasteiger partial charge in [0.2, 0.25) is 0 Å². The number of halogens is 2. The maximum Gasteiger partial charge on any atom is 0.178 e. The van der Waals surface area contributed by atoms with Gasteiger partial charge in [0.1, 0.15) is 0 Å². The smallest absolute Gasteiger partial charge is 0.178 e. The van der Waals surface area contributed by atoms with E-state index in [-0.39, 0.29) is 0 Å². The normalized spacial score (nSPS) is 10.3. The van der Waals surface area contributed by atoms with Gasteiger partial charge in [-0.25, -0.2) is 0 Å². The molecule has 3 aromatic carbocycles. The molecule has 5 heteroatoms. The summed E-state index contributed by atoms with van der Waals surface area (Å²) in [7, 11) is 0. The zero-order valence-corrected chi connectivity index (χ0v) is 15.7. The number of para-hydroxylation sites is 1. The molecule has 0 aliphatic rings. The minimum absolute atomic E-state index is 0.458. The van der Waals surface area contributed by atoms with Gasteiger partial charge in [0.15, 0.2) is 5.11 Å². The number of hydrogen-bond acceptors (Lipinski definition) is 1. The molecule has 0 aliphatic carbocycles. The van der Waals surface area contributed by atoms with E-state index >= 15 is 0 Å². The van der Waals surface area contributed by atoms with E-state index in [1.165, 1.54) is 0 Å². The van der Waals surface area contributed by atoms with Gasteiger partial charge in [-0.05, 0) is 42.0 Å². The average molecular weight is 387 g/mol. The van der Waals surface area contributed by atoms with E-state index < -0.39 is 0 Å². The maximum absolute atomic E-state index is 6.28. The third-order valence-corrected chi connectivity index (χ3v) is 4.83. The first-order chi connectivity index (χ1) is 12.1. The Balaban J connectivity index is 1.88. The summed E-state index contributed by atoms with van der Waals surface area (Å²) in [5.74, 6) is 0. The van der Waals surface area contributed by atoms with Crippen LogP contribution < -0.4 is 10.2 Å². The highest BCUT2D eigenvalue weighted by Crippen LogP contribution is 2.30. The zero-order chi connectivity index (χ0) is 17.6. The lowest BCUT2D eigenvalue weighted by atomic mass is 10.2. The number of hydrogen-bond donors (Lipinski definition) is 1. The summed E-state index contributed by atoms with van der Waals surface area (Å²) in [4.78, 5) is 2.03. The van der Waals surface area contributed by atoms with Gasteiger partial charge >= 0.3 is 0 Å². The van der Waals surface area contributed by atoms with E-state index in [2.05, 4.69) is 17.4 Å². The molecule has 0 saturated heterocycles. The standard InChI is InChI=1S/C20H16Cl2N2S/c21-17-12-7-13-18(19(17)22)23-20(25)24(16-10-5-2-6-11-16)14-15-8-3-1-4-9-15/h1-13H,14H2,(H,23,25). The van der Waals surface area contributed by atoms with Crippen LogP contribution in [0.1, 0.15) is 5.56 Å². The van der Waals surface area contributed by atoms with Gasteiger partial charge in [0.25, 0.3) is 0 Å². The van der Waals surface area contributed by atoms with Crippen LogP contribution in [0.2, 0.25) is 10.0 Å². The monoisotopic (exact) mass is 386 g/mol. The van der Waals surface area contributed by atoms with Gasteiger partial charge in [-0.15, -0.1) is 0 Å². The average Bonchev–Trinajstić information content (AvgIpc) is 2.65. The largest absolute Gasteiger partial charge is 0.331 e. The highest BCUT2D eigenvalue weighted by atomic mass is 35.5. The Morgan fingerprint density at radius 1 is 0.840 bits per heavy atom. The number of nitrogens with one attached hydrogen (secondary N) is 1. The van der Waals surface area contributed by atoms with Gasteiger partial charge in [-0.2, -0.15) is 0 Å². The van der Waals surface area contributed by atoms with Crippen molar-refractivity contribution in [1.82, 2.24) is 0 Å². The number of nitrogens with zero attached hydrogens (tertiary/aromatic N) is 1. The molecule has 0 fully saturated rings. The second-order valence-electron chi connectivity index (χ2n) is 5.44. The number of thiocarbonyl (C=S) groups is 1. The van der Waals surface area contributed by atoms with Crippen molar-refractivity contribution in [3.63, 3.8) is 0 Å². The molecule has 0 amide bonds. The van der Waals surface area contributed by atoms with Crippen LogP contribution in [0.4, 0.5) is 11.4 Å². The van der Waals surface area contributed by atoms with Crippen LogP contribution in [0, 0.1) is 0 Å². The molecule has 0 spiro atoms. The Bertz CT molecular complexity index is 854. The number of anilines is 2. The van der Waals surface area contributed by atoms with Crippen LogP contribution in [0.25, 0.3) is 0 Å². The summed E-state index contributed by atoms with van der Waals surface area (Å²) in [5, 5.41) is 4.71. The van der Waals surface area contributed by atoms with Crippen molar-refractivity contribution in [3.8, 4) is 0 Å². The lowest BCUT2D eigenvalue weighted by Crippen LogP contribution is -2.34. The van der Waals surface area contributed by atoms with Crippen molar-refractivity contribution >= 4 is 51.9 Å². The fourth-order valence-electron chi connectivity index (χ4n) is 2.44. The first kappa shape index (κ1) is 17.7. The molecule has 126 valence electrons. The van der Waals surface area contributed by atoms with E-state index in [1.54, 1.807) is 6.07 Å². The Kier molecular flexibility index (Phi) is 5.92. The second kappa shape index (κ2) is 8.34. The molecule has 1 N–H and O–H groups in total. The lowest BCUT2D eigenvalue weighted by Gasteiger charge is -2.26. The molecule has 2 nitrogen and oxygen atoms in total. The Hall–Kier alpha value is -2.07. The quantitative estimate of drug-likeness (QED) is 0.522. The van der Waals surface area contributed by atoms with Crippen LogP contribution in [0.15, 0.2) is 78.9 Å². The Morgan fingerprint density at radius 2 is 1.48 bits per heavy atom. The predicted octanol–water partition coefficient (Wildman–Crippen LogP) is 6.40. The van der Waals surface area contributed by atoms with E-state index in [0.717, 1.165) is 11.3 Å². The van der Waals surface area contributed by atoms with Crippen molar-refractivity contribution in [3.05, 3.63) is 94.5 Å². The highest BCUT2D eigenvalue weighted by molar-refractivity contribution is 7.80. The molecule has 0 aromatic heterocycles.